The second-order valence-corrected chi connectivity index (χ2v) is 9.11. The first-order valence-corrected chi connectivity index (χ1v) is 10.4. The van der Waals surface area contributed by atoms with Crippen molar-refractivity contribution in [2.75, 3.05) is 34.2 Å². The molecule has 1 fully saturated rings. The second-order valence-electron chi connectivity index (χ2n) is 6.96. The van der Waals surface area contributed by atoms with Crippen molar-refractivity contribution in [1.82, 2.24) is 14.5 Å². The van der Waals surface area contributed by atoms with Gasteiger partial charge in [0.25, 0.3) is 0 Å². The molecule has 0 spiro atoms. The zero-order chi connectivity index (χ0) is 20.0. The summed E-state index contributed by atoms with van der Waals surface area (Å²) in [4.78, 5) is 17.9. The summed E-state index contributed by atoms with van der Waals surface area (Å²) >= 11 is 0. The number of amides is 1. The SMILES string of the molecule is CN=C(NCc1ccc(S(=O)(=O)N(C)C)cc1)N1CCCC(CC(N)=O)C1. The van der Waals surface area contributed by atoms with Crippen LogP contribution in [0.1, 0.15) is 24.8 Å². The van der Waals surface area contributed by atoms with Crippen LogP contribution in [-0.2, 0) is 21.4 Å². The largest absolute Gasteiger partial charge is 0.370 e. The number of primary amides is 1. The van der Waals surface area contributed by atoms with Crippen LogP contribution in [0.5, 0.6) is 0 Å². The van der Waals surface area contributed by atoms with E-state index in [-0.39, 0.29) is 16.7 Å². The van der Waals surface area contributed by atoms with Crippen LogP contribution >= 0.6 is 0 Å². The van der Waals surface area contributed by atoms with Crippen molar-refractivity contribution in [3.63, 3.8) is 0 Å². The molecule has 1 unspecified atom stereocenters. The summed E-state index contributed by atoms with van der Waals surface area (Å²) in [5.41, 5.74) is 6.28. The van der Waals surface area contributed by atoms with E-state index in [1.807, 2.05) is 0 Å². The van der Waals surface area contributed by atoms with Crippen molar-refractivity contribution >= 4 is 21.9 Å². The van der Waals surface area contributed by atoms with Crippen LogP contribution in [0.25, 0.3) is 0 Å². The average molecular weight is 396 g/mol. The number of hydrogen-bond acceptors (Lipinski definition) is 4. The number of hydrogen-bond donors (Lipinski definition) is 2. The van der Waals surface area contributed by atoms with Gasteiger partial charge in [-0.2, -0.15) is 0 Å². The van der Waals surface area contributed by atoms with Crippen molar-refractivity contribution in [2.45, 2.75) is 30.7 Å². The van der Waals surface area contributed by atoms with Gasteiger partial charge >= 0.3 is 0 Å². The Balaban J connectivity index is 1.97. The molecule has 1 aliphatic heterocycles. The Labute approximate surface area is 161 Å². The number of nitrogens with one attached hydrogen (secondary N) is 1. The highest BCUT2D eigenvalue weighted by Gasteiger charge is 2.23. The van der Waals surface area contributed by atoms with Gasteiger partial charge in [0.05, 0.1) is 4.90 Å². The van der Waals surface area contributed by atoms with Gasteiger partial charge in [-0.3, -0.25) is 9.79 Å². The molecule has 3 N–H and O–H groups in total. The van der Waals surface area contributed by atoms with E-state index >= 15 is 0 Å². The number of carbonyl (C=O) groups excluding carboxylic acids is 1. The van der Waals surface area contributed by atoms with Crippen molar-refractivity contribution in [1.29, 1.82) is 0 Å². The number of aliphatic imine (C=N–C) groups is 1. The predicted molar refractivity (Wildman–Crippen MR) is 106 cm³/mol. The van der Waals surface area contributed by atoms with Crippen molar-refractivity contribution in [2.24, 2.45) is 16.6 Å². The molecular formula is C18H29N5O3S. The van der Waals surface area contributed by atoms with Gasteiger partial charge < -0.3 is 16.0 Å². The van der Waals surface area contributed by atoms with Gasteiger partial charge in [0, 0.05) is 47.2 Å². The molecule has 1 atom stereocenters. The van der Waals surface area contributed by atoms with E-state index in [0.717, 1.165) is 37.5 Å². The summed E-state index contributed by atoms with van der Waals surface area (Å²) in [5.74, 6) is 0.761. The zero-order valence-corrected chi connectivity index (χ0v) is 17.0. The number of guanidine groups is 1. The van der Waals surface area contributed by atoms with Crippen LogP contribution in [0.4, 0.5) is 0 Å². The van der Waals surface area contributed by atoms with Crippen molar-refractivity contribution < 1.29 is 13.2 Å². The van der Waals surface area contributed by atoms with Gasteiger partial charge in [0.1, 0.15) is 0 Å². The van der Waals surface area contributed by atoms with E-state index in [1.165, 1.54) is 18.4 Å². The highest BCUT2D eigenvalue weighted by Crippen LogP contribution is 2.19. The number of nitrogens with two attached hydrogens (primary N) is 1. The Kier molecular flexibility index (Phi) is 7.20. The number of piperidine rings is 1. The maximum absolute atomic E-state index is 12.1. The highest BCUT2D eigenvalue weighted by molar-refractivity contribution is 7.89. The Bertz CT molecular complexity index is 775. The number of rotatable bonds is 6. The van der Waals surface area contributed by atoms with Gasteiger partial charge in [0.15, 0.2) is 5.96 Å². The Morgan fingerprint density at radius 2 is 2.00 bits per heavy atom. The van der Waals surface area contributed by atoms with E-state index in [2.05, 4.69) is 15.2 Å². The van der Waals surface area contributed by atoms with Crippen molar-refractivity contribution in [3.8, 4) is 0 Å². The molecule has 2 rings (SSSR count). The molecule has 0 radical (unpaired) electrons. The number of likely N-dealkylation sites (tertiary alicyclic amines) is 1. The first kappa shape index (κ1) is 21.2. The summed E-state index contributed by atoms with van der Waals surface area (Å²) in [7, 11) is 1.33. The van der Waals surface area contributed by atoms with Gasteiger partial charge in [-0.25, -0.2) is 12.7 Å². The molecule has 27 heavy (non-hydrogen) atoms. The minimum atomic E-state index is -3.42. The Morgan fingerprint density at radius 3 is 2.56 bits per heavy atom. The fourth-order valence-electron chi connectivity index (χ4n) is 3.21. The van der Waals surface area contributed by atoms with Crippen LogP contribution in [0.3, 0.4) is 0 Å². The molecule has 1 heterocycles. The monoisotopic (exact) mass is 395 g/mol. The minimum absolute atomic E-state index is 0.255. The van der Waals surface area contributed by atoms with Crippen LogP contribution in [-0.4, -0.2) is 63.7 Å². The molecular weight excluding hydrogens is 366 g/mol. The fraction of sp³-hybridized carbons (Fsp3) is 0.556. The summed E-state index contributed by atoms with van der Waals surface area (Å²) in [6.45, 7) is 2.17. The Morgan fingerprint density at radius 1 is 1.33 bits per heavy atom. The van der Waals surface area contributed by atoms with Crippen LogP contribution in [0.2, 0.25) is 0 Å². The van der Waals surface area contributed by atoms with Crippen LogP contribution < -0.4 is 11.1 Å². The number of benzene rings is 1. The van der Waals surface area contributed by atoms with Crippen LogP contribution in [0, 0.1) is 5.92 Å². The average Bonchev–Trinajstić information content (AvgIpc) is 2.62. The van der Waals surface area contributed by atoms with E-state index in [4.69, 9.17) is 5.73 Å². The molecule has 1 amide bonds. The third-order valence-electron chi connectivity index (χ3n) is 4.67. The summed E-state index contributed by atoms with van der Waals surface area (Å²) < 4.78 is 25.4. The molecule has 8 nitrogen and oxygen atoms in total. The maximum Gasteiger partial charge on any atom is 0.242 e. The minimum Gasteiger partial charge on any atom is -0.370 e. The number of carbonyl (C=O) groups is 1. The first-order chi connectivity index (χ1) is 12.7. The summed E-state index contributed by atoms with van der Waals surface area (Å²) in [6.07, 6.45) is 2.39. The lowest BCUT2D eigenvalue weighted by molar-refractivity contribution is -0.119. The standard InChI is InChI=1S/C18H29N5O3S/c1-20-18(23-10-4-5-15(13-23)11-17(19)24)21-12-14-6-8-16(9-7-14)27(25,26)22(2)3/h6-9,15H,4-5,10-13H2,1-3H3,(H2,19,24)(H,20,21). The fourth-order valence-corrected chi connectivity index (χ4v) is 4.11. The summed E-state index contributed by atoms with van der Waals surface area (Å²) in [5, 5.41) is 3.31. The Hall–Kier alpha value is -2.13. The number of nitrogens with zero attached hydrogens (tertiary/aromatic N) is 3. The molecule has 0 bridgehead atoms. The summed E-state index contributed by atoms with van der Waals surface area (Å²) in [6, 6.07) is 6.81. The molecule has 9 heteroatoms. The van der Waals surface area contributed by atoms with E-state index in [0.29, 0.717) is 13.0 Å². The molecule has 1 aliphatic rings. The molecule has 1 aromatic carbocycles. The lowest BCUT2D eigenvalue weighted by Gasteiger charge is -2.34. The third kappa shape index (κ3) is 5.67. The zero-order valence-electron chi connectivity index (χ0n) is 16.2. The lowest BCUT2D eigenvalue weighted by Crippen LogP contribution is -2.46. The van der Waals surface area contributed by atoms with Crippen molar-refractivity contribution in [3.05, 3.63) is 29.8 Å². The number of sulfonamides is 1. The van der Waals surface area contributed by atoms with Gasteiger partial charge in [-0.05, 0) is 36.5 Å². The van der Waals surface area contributed by atoms with Gasteiger partial charge in [0.2, 0.25) is 15.9 Å². The first-order valence-electron chi connectivity index (χ1n) is 8.99. The molecule has 1 aromatic rings. The van der Waals surface area contributed by atoms with Gasteiger partial charge in [-0.15, -0.1) is 0 Å². The quantitative estimate of drug-likeness (QED) is 0.542. The molecule has 1 saturated heterocycles. The van der Waals surface area contributed by atoms with Gasteiger partial charge in [-0.1, -0.05) is 12.1 Å². The molecule has 0 aliphatic carbocycles. The predicted octanol–water partition coefficient (Wildman–Crippen LogP) is 0.600. The smallest absolute Gasteiger partial charge is 0.242 e. The third-order valence-corrected chi connectivity index (χ3v) is 6.50. The molecule has 0 aromatic heterocycles. The topological polar surface area (TPSA) is 108 Å². The van der Waals surface area contributed by atoms with E-state index in [1.54, 1.807) is 31.3 Å². The van der Waals surface area contributed by atoms with E-state index in [9.17, 15) is 13.2 Å². The maximum atomic E-state index is 12.1. The molecule has 0 saturated carbocycles. The second kappa shape index (κ2) is 9.18. The molecule has 150 valence electrons. The normalized spacial score (nSPS) is 18.6. The highest BCUT2D eigenvalue weighted by atomic mass is 32.2. The lowest BCUT2D eigenvalue weighted by atomic mass is 9.95. The van der Waals surface area contributed by atoms with Crippen LogP contribution in [0.15, 0.2) is 34.2 Å². The van der Waals surface area contributed by atoms with E-state index < -0.39 is 10.0 Å².